The number of piperazine rings is 1. The van der Waals surface area contributed by atoms with Gasteiger partial charge in [0.15, 0.2) is 10.0 Å². The molecule has 1 N–H and O–H groups in total. The van der Waals surface area contributed by atoms with Crippen LogP contribution in [-0.2, 0) is 21.9 Å². The van der Waals surface area contributed by atoms with Crippen LogP contribution in [0.25, 0.3) is 21.6 Å². The van der Waals surface area contributed by atoms with E-state index in [4.69, 9.17) is 0 Å². The number of carbonyl (C=O) groups excluding carboxylic acids is 1. The van der Waals surface area contributed by atoms with Gasteiger partial charge in [0.05, 0.1) is 16.1 Å². The third kappa shape index (κ3) is 5.60. The second kappa shape index (κ2) is 9.87. The second-order valence-electron chi connectivity index (χ2n) is 10.4. The SMILES string of the molecule is CC(C)C(=O)N1CCN(c2cc(S(=O)(=O)NC(C)(C)C)cc3c(-c4nnc(C(F)F)s4)nn(C)c23)CC1. The van der Waals surface area contributed by atoms with Crippen molar-refractivity contribution in [1.29, 1.82) is 0 Å². The predicted molar refractivity (Wildman–Crippen MR) is 138 cm³/mol. The molecule has 3 aromatic rings. The number of aromatic nitrogens is 4. The molecule has 0 saturated carbocycles. The van der Waals surface area contributed by atoms with E-state index in [0.29, 0.717) is 42.8 Å². The molecular weight excluding hydrogens is 524 g/mol. The maximum Gasteiger partial charge on any atom is 0.291 e. The van der Waals surface area contributed by atoms with Crippen molar-refractivity contribution in [1.82, 2.24) is 29.6 Å². The Morgan fingerprint density at radius 3 is 2.30 bits per heavy atom. The molecule has 3 heterocycles. The van der Waals surface area contributed by atoms with E-state index >= 15 is 0 Å². The molecule has 0 atom stereocenters. The standard InChI is InChI=1S/C23H31F2N7O3S2/c1-13(2)22(33)32-9-7-31(8-10-32)16-12-14(37(34,35)29-23(3,4)5)11-15-17(28-30(6)18(15)16)20-26-27-21(36-20)19(24)25/h11-13,19,29H,7-10H2,1-6H3. The van der Waals surface area contributed by atoms with Crippen LogP contribution in [0, 0.1) is 5.92 Å². The summed E-state index contributed by atoms with van der Waals surface area (Å²) in [6.07, 6.45) is -2.77. The minimum atomic E-state index is -3.93. The number of carbonyl (C=O) groups is 1. The van der Waals surface area contributed by atoms with Gasteiger partial charge in [-0.2, -0.15) is 5.10 Å². The van der Waals surface area contributed by atoms with E-state index in [0.717, 1.165) is 11.3 Å². The van der Waals surface area contributed by atoms with Crippen molar-refractivity contribution in [3.05, 3.63) is 17.1 Å². The molecule has 1 fully saturated rings. The molecule has 0 radical (unpaired) electrons. The molecule has 14 heteroatoms. The molecule has 1 aliphatic rings. The highest BCUT2D eigenvalue weighted by Gasteiger charge is 2.30. The molecule has 1 saturated heterocycles. The first-order valence-corrected chi connectivity index (χ1v) is 14.2. The maximum absolute atomic E-state index is 13.4. The zero-order chi connectivity index (χ0) is 27.3. The number of aryl methyl sites for hydroxylation is 1. The largest absolute Gasteiger partial charge is 0.366 e. The fourth-order valence-electron chi connectivity index (χ4n) is 4.34. The number of rotatable bonds is 6. The molecule has 1 aromatic carbocycles. The van der Waals surface area contributed by atoms with Gasteiger partial charge in [0.25, 0.3) is 6.43 Å². The molecule has 1 aliphatic heterocycles. The van der Waals surface area contributed by atoms with Crippen LogP contribution in [0.4, 0.5) is 14.5 Å². The van der Waals surface area contributed by atoms with Gasteiger partial charge in [-0.05, 0) is 32.9 Å². The van der Waals surface area contributed by atoms with Crippen molar-refractivity contribution in [2.75, 3.05) is 31.1 Å². The lowest BCUT2D eigenvalue weighted by Crippen LogP contribution is -2.50. The van der Waals surface area contributed by atoms with E-state index in [1.807, 2.05) is 23.6 Å². The Bertz CT molecular complexity index is 1420. The summed E-state index contributed by atoms with van der Waals surface area (Å²) in [5.74, 6) is -0.0377. The fourth-order valence-corrected chi connectivity index (χ4v) is 6.50. The first-order chi connectivity index (χ1) is 17.2. The number of anilines is 1. The number of halogens is 2. The van der Waals surface area contributed by atoms with Crippen LogP contribution in [0.1, 0.15) is 46.1 Å². The number of fused-ring (bicyclic) bond motifs is 1. The minimum absolute atomic E-state index is 0.0264. The van der Waals surface area contributed by atoms with E-state index in [1.165, 1.54) is 6.07 Å². The predicted octanol–water partition coefficient (Wildman–Crippen LogP) is 3.41. The summed E-state index contributed by atoms with van der Waals surface area (Å²) in [6, 6.07) is 3.10. The lowest BCUT2D eigenvalue weighted by atomic mass is 10.1. The summed E-state index contributed by atoms with van der Waals surface area (Å²) in [6.45, 7) is 10.9. The average Bonchev–Trinajstić information content (AvgIpc) is 3.42. The normalized spacial score (nSPS) is 15.4. The van der Waals surface area contributed by atoms with E-state index in [2.05, 4.69) is 20.0 Å². The minimum Gasteiger partial charge on any atom is -0.366 e. The number of nitrogens with one attached hydrogen (secondary N) is 1. The molecule has 1 amide bonds. The lowest BCUT2D eigenvalue weighted by Gasteiger charge is -2.37. The lowest BCUT2D eigenvalue weighted by molar-refractivity contribution is -0.134. The number of nitrogens with zero attached hydrogens (tertiary/aromatic N) is 6. The molecule has 2 aromatic heterocycles. The smallest absolute Gasteiger partial charge is 0.291 e. The highest BCUT2D eigenvalue weighted by atomic mass is 32.2. The van der Waals surface area contributed by atoms with Crippen molar-refractivity contribution >= 4 is 43.9 Å². The Labute approximate surface area is 218 Å². The van der Waals surface area contributed by atoms with Gasteiger partial charge < -0.3 is 9.80 Å². The third-order valence-corrected chi connectivity index (χ3v) is 8.57. The van der Waals surface area contributed by atoms with Crippen LogP contribution in [0.15, 0.2) is 17.0 Å². The van der Waals surface area contributed by atoms with Crippen molar-refractivity contribution in [2.45, 2.75) is 51.5 Å². The van der Waals surface area contributed by atoms with Gasteiger partial charge in [0.2, 0.25) is 15.9 Å². The maximum atomic E-state index is 13.4. The molecule has 0 spiro atoms. The van der Waals surface area contributed by atoms with Crippen molar-refractivity contribution in [3.63, 3.8) is 0 Å². The Morgan fingerprint density at radius 1 is 1.11 bits per heavy atom. The first kappa shape index (κ1) is 27.3. The number of sulfonamides is 1. The monoisotopic (exact) mass is 555 g/mol. The molecular formula is C23H31F2N7O3S2. The Morgan fingerprint density at radius 2 is 1.76 bits per heavy atom. The van der Waals surface area contributed by atoms with Crippen molar-refractivity contribution in [3.8, 4) is 10.7 Å². The van der Waals surface area contributed by atoms with Crippen molar-refractivity contribution < 1.29 is 22.0 Å². The van der Waals surface area contributed by atoms with Crippen LogP contribution in [0.2, 0.25) is 0 Å². The Kier molecular flexibility index (Phi) is 7.29. The van der Waals surface area contributed by atoms with E-state index < -0.39 is 27.0 Å². The molecule has 10 nitrogen and oxygen atoms in total. The van der Waals surface area contributed by atoms with E-state index in [9.17, 15) is 22.0 Å². The molecule has 37 heavy (non-hydrogen) atoms. The summed E-state index contributed by atoms with van der Waals surface area (Å²) in [5, 5.41) is 12.2. The summed E-state index contributed by atoms with van der Waals surface area (Å²) in [4.78, 5) is 16.3. The number of hydrogen-bond donors (Lipinski definition) is 1. The van der Waals surface area contributed by atoms with Crippen LogP contribution < -0.4 is 9.62 Å². The van der Waals surface area contributed by atoms with Crippen LogP contribution in [0.5, 0.6) is 0 Å². The number of hydrogen-bond acceptors (Lipinski definition) is 8. The summed E-state index contributed by atoms with van der Waals surface area (Å²) in [7, 11) is -2.22. The van der Waals surface area contributed by atoms with Gasteiger partial charge in [-0.1, -0.05) is 25.2 Å². The summed E-state index contributed by atoms with van der Waals surface area (Å²) in [5.41, 5.74) is 0.829. The molecule has 0 bridgehead atoms. The quantitative estimate of drug-likeness (QED) is 0.496. The van der Waals surface area contributed by atoms with E-state index in [-0.39, 0.29) is 27.4 Å². The van der Waals surface area contributed by atoms with Gasteiger partial charge >= 0.3 is 0 Å². The highest BCUT2D eigenvalue weighted by molar-refractivity contribution is 7.89. The number of amides is 1. The Hall–Kier alpha value is -2.71. The third-order valence-electron chi connectivity index (χ3n) is 5.90. The molecule has 202 valence electrons. The summed E-state index contributed by atoms with van der Waals surface area (Å²) >= 11 is 0.722. The van der Waals surface area contributed by atoms with Gasteiger partial charge in [-0.15, -0.1) is 10.2 Å². The number of benzene rings is 1. The average molecular weight is 556 g/mol. The first-order valence-electron chi connectivity index (χ1n) is 11.9. The highest BCUT2D eigenvalue weighted by Crippen LogP contribution is 2.38. The van der Waals surface area contributed by atoms with Crippen LogP contribution in [-0.4, -0.2) is 70.9 Å². The molecule has 4 rings (SSSR count). The Balaban J connectivity index is 1.85. The topological polar surface area (TPSA) is 113 Å². The molecule has 0 unspecified atom stereocenters. The molecule has 0 aliphatic carbocycles. The van der Waals surface area contributed by atoms with Gasteiger partial charge in [0, 0.05) is 50.1 Å². The van der Waals surface area contributed by atoms with Gasteiger partial charge in [-0.25, -0.2) is 21.9 Å². The van der Waals surface area contributed by atoms with E-state index in [1.54, 1.807) is 38.6 Å². The van der Waals surface area contributed by atoms with Crippen molar-refractivity contribution in [2.24, 2.45) is 13.0 Å². The fraction of sp³-hybridized carbons (Fsp3) is 0.565. The van der Waals surface area contributed by atoms with Gasteiger partial charge in [0.1, 0.15) is 5.69 Å². The van der Waals surface area contributed by atoms with Gasteiger partial charge in [-0.3, -0.25) is 9.48 Å². The van der Waals surface area contributed by atoms with Crippen LogP contribution in [0.3, 0.4) is 0 Å². The zero-order valence-corrected chi connectivity index (χ0v) is 23.3. The van der Waals surface area contributed by atoms with Crippen LogP contribution >= 0.6 is 11.3 Å². The zero-order valence-electron chi connectivity index (χ0n) is 21.6. The number of alkyl halides is 2. The second-order valence-corrected chi connectivity index (χ2v) is 13.1. The summed E-state index contributed by atoms with van der Waals surface area (Å²) < 4.78 is 57.4.